The third-order valence-corrected chi connectivity index (χ3v) is 3.55. The Labute approximate surface area is 97.2 Å². The number of carbonyl (C=O) groups is 1. The van der Waals surface area contributed by atoms with Gasteiger partial charge in [-0.1, -0.05) is 12.1 Å². The lowest BCUT2D eigenvalue weighted by Gasteiger charge is -2.25. The Morgan fingerprint density at radius 1 is 1.38 bits per heavy atom. The molecule has 5 heteroatoms. The first-order valence-electron chi connectivity index (χ1n) is 4.92. The van der Waals surface area contributed by atoms with Crippen molar-refractivity contribution >= 4 is 17.7 Å². The van der Waals surface area contributed by atoms with Crippen LogP contribution in [0.5, 0.6) is 5.75 Å². The minimum atomic E-state index is -1.46. The number of aliphatic carboxylic acids is 1. The van der Waals surface area contributed by atoms with Gasteiger partial charge in [0.15, 0.2) is 6.10 Å². The van der Waals surface area contributed by atoms with E-state index in [2.05, 4.69) is 0 Å². The maximum absolute atomic E-state index is 10.5. The van der Waals surface area contributed by atoms with Crippen LogP contribution in [0.1, 0.15) is 11.7 Å². The molecule has 0 aromatic heterocycles. The van der Waals surface area contributed by atoms with Crippen LogP contribution >= 0.6 is 11.8 Å². The summed E-state index contributed by atoms with van der Waals surface area (Å²) in [6, 6.07) is 6.51. The second-order valence-corrected chi connectivity index (χ2v) is 4.66. The zero-order valence-corrected chi connectivity index (χ0v) is 9.31. The van der Waals surface area contributed by atoms with Gasteiger partial charge in [-0.3, -0.25) is 0 Å². The van der Waals surface area contributed by atoms with Crippen LogP contribution in [0.3, 0.4) is 0 Å². The second-order valence-electron chi connectivity index (χ2n) is 3.59. The molecule has 1 fully saturated rings. The van der Waals surface area contributed by atoms with Crippen LogP contribution in [-0.2, 0) is 4.79 Å². The maximum Gasteiger partial charge on any atom is 0.337 e. The summed E-state index contributed by atoms with van der Waals surface area (Å²) in [6.45, 7) is 0. The minimum absolute atomic E-state index is 0.264. The molecule has 16 heavy (non-hydrogen) atoms. The molecule has 4 nitrogen and oxygen atoms in total. The maximum atomic E-state index is 10.5. The summed E-state index contributed by atoms with van der Waals surface area (Å²) >= 11 is 1.83. The SMILES string of the molecule is O=C(O)C(O)c1ccc(OC2CSC2)cc1. The van der Waals surface area contributed by atoms with Crippen LogP contribution in [0, 0.1) is 0 Å². The van der Waals surface area contributed by atoms with Crippen molar-refractivity contribution in [3.63, 3.8) is 0 Å². The van der Waals surface area contributed by atoms with Crippen molar-refractivity contribution in [1.82, 2.24) is 0 Å². The Hall–Kier alpha value is -1.20. The molecule has 0 bridgehead atoms. The molecule has 0 amide bonds. The van der Waals surface area contributed by atoms with Crippen molar-refractivity contribution in [1.29, 1.82) is 0 Å². The van der Waals surface area contributed by atoms with Gasteiger partial charge in [0, 0.05) is 11.5 Å². The van der Waals surface area contributed by atoms with Gasteiger partial charge in [0.2, 0.25) is 0 Å². The van der Waals surface area contributed by atoms with E-state index in [1.807, 2.05) is 11.8 Å². The lowest BCUT2D eigenvalue weighted by Crippen LogP contribution is -2.30. The zero-order valence-electron chi connectivity index (χ0n) is 8.50. The Morgan fingerprint density at radius 2 is 2.00 bits per heavy atom. The topological polar surface area (TPSA) is 66.8 Å². The van der Waals surface area contributed by atoms with Gasteiger partial charge >= 0.3 is 5.97 Å². The Kier molecular flexibility index (Phi) is 3.36. The third kappa shape index (κ3) is 2.48. The van der Waals surface area contributed by atoms with E-state index in [1.54, 1.807) is 24.3 Å². The van der Waals surface area contributed by atoms with Crippen LogP contribution in [-0.4, -0.2) is 33.8 Å². The molecule has 2 N–H and O–H groups in total. The molecule has 1 aliphatic heterocycles. The van der Waals surface area contributed by atoms with Crippen LogP contribution < -0.4 is 4.74 Å². The molecule has 0 radical (unpaired) electrons. The van der Waals surface area contributed by atoms with Gasteiger partial charge in [0.25, 0.3) is 0 Å². The minimum Gasteiger partial charge on any atom is -0.489 e. The number of benzene rings is 1. The van der Waals surface area contributed by atoms with Crippen molar-refractivity contribution < 1.29 is 19.7 Å². The van der Waals surface area contributed by atoms with Crippen molar-refractivity contribution in [2.24, 2.45) is 0 Å². The molecule has 1 aliphatic rings. The molecule has 1 aromatic rings. The van der Waals surface area contributed by atoms with E-state index in [-0.39, 0.29) is 6.10 Å². The fraction of sp³-hybridized carbons (Fsp3) is 0.364. The Morgan fingerprint density at radius 3 is 2.44 bits per heavy atom. The predicted octanol–water partition coefficient (Wildman–Crippen LogP) is 1.30. The summed E-state index contributed by atoms with van der Waals surface area (Å²) in [5.41, 5.74) is 0.364. The van der Waals surface area contributed by atoms with Crippen molar-refractivity contribution in [2.75, 3.05) is 11.5 Å². The summed E-state index contributed by atoms with van der Waals surface area (Å²) in [5.74, 6) is 1.47. The first kappa shape index (κ1) is 11.3. The molecule has 1 unspecified atom stereocenters. The average molecular weight is 240 g/mol. The molecule has 0 saturated carbocycles. The first-order chi connectivity index (χ1) is 7.66. The smallest absolute Gasteiger partial charge is 0.337 e. The third-order valence-electron chi connectivity index (χ3n) is 2.34. The molecule has 1 saturated heterocycles. The molecule has 1 heterocycles. The van der Waals surface area contributed by atoms with E-state index in [0.29, 0.717) is 11.3 Å². The van der Waals surface area contributed by atoms with Gasteiger partial charge < -0.3 is 14.9 Å². The van der Waals surface area contributed by atoms with Gasteiger partial charge in [0.05, 0.1) is 0 Å². The number of hydrogen-bond acceptors (Lipinski definition) is 4. The molecular formula is C11H12O4S. The number of carboxylic acids is 1. The summed E-state index contributed by atoms with van der Waals surface area (Å²) < 4.78 is 5.60. The monoisotopic (exact) mass is 240 g/mol. The highest BCUT2D eigenvalue weighted by molar-refractivity contribution is 8.00. The van der Waals surface area contributed by atoms with Crippen molar-refractivity contribution in [3.8, 4) is 5.75 Å². The van der Waals surface area contributed by atoms with E-state index >= 15 is 0 Å². The molecule has 1 atom stereocenters. The predicted molar refractivity (Wildman–Crippen MR) is 60.8 cm³/mol. The van der Waals surface area contributed by atoms with Crippen LogP contribution in [0.4, 0.5) is 0 Å². The summed E-state index contributed by atoms with van der Waals surface area (Å²) in [4.78, 5) is 10.5. The van der Waals surface area contributed by atoms with Crippen molar-refractivity contribution in [3.05, 3.63) is 29.8 Å². The number of thioether (sulfide) groups is 1. The normalized spacial score (nSPS) is 17.6. The standard InChI is InChI=1S/C11H12O4S/c12-10(11(13)14)7-1-3-8(4-2-7)15-9-5-16-6-9/h1-4,9-10,12H,5-6H2,(H,13,14). The first-order valence-corrected chi connectivity index (χ1v) is 6.07. The van der Waals surface area contributed by atoms with Gasteiger partial charge in [0.1, 0.15) is 11.9 Å². The number of carboxylic acid groups (broad SMARTS) is 1. The van der Waals surface area contributed by atoms with Crippen molar-refractivity contribution in [2.45, 2.75) is 12.2 Å². The number of hydrogen-bond donors (Lipinski definition) is 2. The van der Waals surface area contributed by atoms with E-state index < -0.39 is 12.1 Å². The average Bonchev–Trinajstić information content (AvgIpc) is 2.23. The number of rotatable bonds is 4. The van der Waals surface area contributed by atoms with E-state index in [0.717, 1.165) is 11.5 Å². The van der Waals surface area contributed by atoms with Gasteiger partial charge in [-0.25, -0.2) is 4.79 Å². The number of aliphatic hydroxyl groups is 1. The quantitative estimate of drug-likeness (QED) is 0.830. The highest BCUT2D eigenvalue weighted by Gasteiger charge is 2.20. The van der Waals surface area contributed by atoms with E-state index in [1.165, 1.54) is 0 Å². The largest absolute Gasteiger partial charge is 0.489 e. The van der Waals surface area contributed by atoms with Crippen LogP contribution in [0.15, 0.2) is 24.3 Å². The number of ether oxygens (including phenoxy) is 1. The van der Waals surface area contributed by atoms with Crippen LogP contribution in [0.25, 0.3) is 0 Å². The van der Waals surface area contributed by atoms with Gasteiger partial charge in [-0.05, 0) is 17.7 Å². The molecule has 2 rings (SSSR count). The number of aliphatic hydroxyl groups excluding tert-OH is 1. The molecule has 0 spiro atoms. The highest BCUT2D eigenvalue weighted by atomic mass is 32.2. The zero-order chi connectivity index (χ0) is 11.5. The summed E-state index contributed by atoms with van der Waals surface area (Å²) in [6.07, 6.45) is -1.20. The molecule has 1 aromatic carbocycles. The van der Waals surface area contributed by atoms with E-state index in [9.17, 15) is 9.90 Å². The highest BCUT2D eigenvalue weighted by Crippen LogP contribution is 2.25. The molecule has 0 aliphatic carbocycles. The Bertz CT molecular complexity index is 372. The van der Waals surface area contributed by atoms with Crippen LogP contribution in [0.2, 0.25) is 0 Å². The summed E-state index contributed by atoms with van der Waals surface area (Å²) in [5, 5.41) is 17.9. The Balaban J connectivity index is 2.00. The fourth-order valence-electron chi connectivity index (χ4n) is 1.35. The van der Waals surface area contributed by atoms with Gasteiger partial charge in [-0.2, -0.15) is 11.8 Å². The lowest BCUT2D eigenvalue weighted by atomic mass is 10.1. The van der Waals surface area contributed by atoms with Gasteiger partial charge in [-0.15, -0.1) is 0 Å². The second kappa shape index (κ2) is 4.76. The summed E-state index contributed by atoms with van der Waals surface area (Å²) in [7, 11) is 0. The molecular weight excluding hydrogens is 228 g/mol. The fourth-order valence-corrected chi connectivity index (χ4v) is 1.91. The molecule has 86 valence electrons. The van der Waals surface area contributed by atoms with E-state index in [4.69, 9.17) is 9.84 Å². The lowest BCUT2D eigenvalue weighted by molar-refractivity contribution is -0.146.